The van der Waals surface area contributed by atoms with Gasteiger partial charge in [0, 0.05) is 6.92 Å². The van der Waals surface area contributed by atoms with E-state index in [4.69, 9.17) is 4.74 Å². The average Bonchev–Trinajstić information content (AvgIpc) is 2.47. The van der Waals surface area contributed by atoms with Crippen molar-refractivity contribution in [2.24, 2.45) is 5.92 Å². The zero-order chi connectivity index (χ0) is 15.8. The topological polar surface area (TPSA) is 26.3 Å². The van der Waals surface area contributed by atoms with E-state index in [2.05, 4.69) is 13.8 Å². The van der Waals surface area contributed by atoms with Gasteiger partial charge in [-0.25, -0.2) is 0 Å². The first-order valence-corrected chi connectivity index (χ1v) is 9.34. The summed E-state index contributed by atoms with van der Waals surface area (Å²) in [5.74, 6) is 0.417. The fourth-order valence-electron chi connectivity index (χ4n) is 2.74. The van der Waals surface area contributed by atoms with Gasteiger partial charge in [0.15, 0.2) is 0 Å². The minimum absolute atomic E-state index is 0.146. The minimum atomic E-state index is -0.146. The van der Waals surface area contributed by atoms with E-state index in [0.29, 0.717) is 12.5 Å². The van der Waals surface area contributed by atoms with Crippen LogP contribution in [0.25, 0.3) is 0 Å². The van der Waals surface area contributed by atoms with Crippen LogP contribution in [0, 0.1) is 5.92 Å². The number of hydrogen-bond acceptors (Lipinski definition) is 2. The summed E-state index contributed by atoms with van der Waals surface area (Å²) in [5.41, 5.74) is 0. The molecule has 0 saturated heterocycles. The number of unbranched alkanes of at least 4 members (excludes halogenated alkanes) is 10. The molecule has 0 radical (unpaired) electrons. The molecular formula is C19H38O2. The van der Waals surface area contributed by atoms with E-state index in [-0.39, 0.29) is 5.97 Å². The van der Waals surface area contributed by atoms with E-state index in [9.17, 15) is 4.79 Å². The smallest absolute Gasteiger partial charge is 0.302 e. The second kappa shape index (κ2) is 15.9. The Hall–Kier alpha value is -0.530. The van der Waals surface area contributed by atoms with Crippen LogP contribution in [0.1, 0.15) is 104 Å². The van der Waals surface area contributed by atoms with E-state index < -0.39 is 0 Å². The Morgan fingerprint density at radius 1 is 0.810 bits per heavy atom. The predicted molar refractivity (Wildman–Crippen MR) is 91.5 cm³/mol. The number of rotatable bonds is 15. The molecule has 0 aliphatic heterocycles. The summed E-state index contributed by atoms with van der Waals surface area (Å²) in [5, 5.41) is 0. The van der Waals surface area contributed by atoms with Crippen LogP contribution in [0.3, 0.4) is 0 Å². The van der Waals surface area contributed by atoms with Gasteiger partial charge in [-0.15, -0.1) is 0 Å². The molecule has 21 heavy (non-hydrogen) atoms. The summed E-state index contributed by atoms with van der Waals surface area (Å²) >= 11 is 0. The number of carbonyl (C=O) groups excluding carboxylic acids is 1. The molecule has 0 bridgehead atoms. The normalized spacial score (nSPS) is 12.3. The summed E-state index contributed by atoms with van der Waals surface area (Å²) in [6.07, 6.45) is 17.6. The molecule has 0 aliphatic rings. The molecular weight excluding hydrogens is 260 g/mol. The lowest BCUT2D eigenvalue weighted by Gasteiger charge is -2.14. The number of hydrogen-bond donors (Lipinski definition) is 0. The molecule has 0 aromatic heterocycles. The van der Waals surface area contributed by atoms with Crippen molar-refractivity contribution in [1.29, 1.82) is 0 Å². The third kappa shape index (κ3) is 15.7. The monoisotopic (exact) mass is 298 g/mol. The van der Waals surface area contributed by atoms with Crippen molar-refractivity contribution in [1.82, 2.24) is 0 Å². The van der Waals surface area contributed by atoms with Crippen LogP contribution >= 0.6 is 0 Å². The first kappa shape index (κ1) is 20.5. The maximum atomic E-state index is 10.8. The van der Waals surface area contributed by atoms with Gasteiger partial charge in [0.1, 0.15) is 0 Å². The molecule has 126 valence electrons. The average molecular weight is 299 g/mol. The highest BCUT2D eigenvalue weighted by Gasteiger charge is 2.07. The molecule has 0 aromatic carbocycles. The van der Waals surface area contributed by atoms with E-state index in [1.165, 1.54) is 84.0 Å². The van der Waals surface area contributed by atoms with Crippen LogP contribution in [0.2, 0.25) is 0 Å². The molecule has 1 unspecified atom stereocenters. The van der Waals surface area contributed by atoms with Crippen molar-refractivity contribution >= 4 is 5.97 Å². The standard InChI is InChI=1S/C19H38O2/c1-4-6-7-8-9-10-11-12-13-14-15-16-19(5-2)17-21-18(3)20/h19H,4-17H2,1-3H3. The Bertz CT molecular complexity index is 226. The first-order valence-electron chi connectivity index (χ1n) is 9.34. The summed E-state index contributed by atoms with van der Waals surface area (Å²) in [4.78, 5) is 10.8. The van der Waals surface area contributed by atoms with Crippen molar-refractivity contribution in [3.63, 3.8) is 0 Å². The molecule has 0 fully saturated rings. The van der Waals surface area contributed by atoms with Crippen LogP contribution < -0.4 is 0 Å². The lowest BCUT2D eigenvalue weighted by molar-refractivity contribution is -0.142. The van der Waals surface area contributed by atoms with Crippen molar-refractivity contribution in [3.8, 4) is 0 Å². The molecule has 0 spiro atoms. The molecule has 0 saturated carbocycles. The van der Waals surface area contributed by atoms with Gasteiger partial charge in [-0.3, -0.25) is 4.79 Å². The zero-order valence-corrected chi connectivity index (χ0v) is 14.8. The molecule has 2 nitrogen and oxygen atoms in total. The number of carbonyl (C=O) groups is 1. The summed E-state index contributed by atoms with van der Waals surface area (Å²) < 4.78 is 5.11. The highest BCUT2D eigenvalue weighted by molar-refractivity contribution is 5.65. The quantitative estimate of drug-likeness (QED) is 0.263. The third-order valence-electron chi connectivity index (χ3n) is 4.32. The molecule has 1 atom stereocenters. The first-order chi connectivity index (χ1) is 10.2. The van der Waals surface area contributed by atoms with E-state index in [1.54, 1.807) is 0 Å². The molecule has 0 rings (SSSR count). The lowest BCUT2D eigenvalue weighted by atomic mass is 9.98. The fourth-order valence-corrected chi connectivity index (χ4v) is 2.74. The fraction of sp³-hybridized carbons (Fsp3) is 0.947. The zero-order valence-electron chi connectivity index (χ0n) is 14.8. The van der Waals surface area contributed by atoms with Gasteiger partial charge in [-0.1, -0.05) is 90.9 Å². The minimum Gasteiger partial charge on any atom is -0.466 e. The van der Waals surface area contributed by atoms with E-state index >= 15 is 0 Å². The summed E-state index contributed by atoms with van der Waals surface area (Å²) in [7, 11) is 0. The van der Waals surface area contributed by atoms with Gasteiger partial charge < -0.3 is 4.74 Å². The van der Waals surface area contributed by atoms with E-state index in [1.807, 2.05) is 0 Å². The second-order valence-corrected chi connectivity index (χ2v) is 6.40. The summed E-state index contributed by atoms with van der Waals surface area (Å²) in [6.45, 7) is 6.57. The Morgan fingerprint density at radius 2 is 1.29 bits per heavy atom. The lowest BCUT2D eigenvalue weighted by Crippen LogP contribution is -2.11. The van der Waals surface area contributed by atoms with Crippen LogP contribution in [-0.2, 0) is 9.53 Å². The Labute approximate surface area is 133 Å². The maximum Gasteiger partial charge on any atom is 0.302 e. The van der Waals surface area contributed by atoms with Gasteiger partial charge in [-0.05, 0) is 12.3 Å². The molecule has 0 aromatic rings. The second-order valence-electron chi connectivity index (χ2n) is 6.40. The highest BCUT2D eigenvalue weighted by atomic mass is 16.5. The molecule has 0 amide bonds. The van der Waals surface area contributed by atoms with Gasteiger partial charge in [-0.2, -0.15) is 0 Å². The molecule has 2 heteroatoms. The Balaban J connectivity index is 3.24. The molecule has 0 N–H and O–H groups in total. The van der Waals surface area contributed by atoms with Crippen molar-refractivity contribution in [3.05, 3.63) is 0 Å². The Kier molecular flexibility index (Phi) is 15.5. The van der Waals surface area contributed by atoms with Crippen LogP contribution in [-0.4, -0.2) is 12.6 Å². The maximum absolute atomic E-state index is 10.8. The highest BCUT2D eigenvalue weighted by Crippen LogP contribution is 2.16. The Morgan fingerprint density at radius 3 is 1.71 bits per heavy atom. The SMILES string of the molecule is CCCCCCCCCCCCCC(CC)COC(C)=O. The third-order valence-corrected chi connectivity index (χ3v) is 4.32. The van der Waals surface area contributed by atoms with Crippen LogP contribution in [0.5, 0.6) is 0 Å². The van der Waals surface area contributed by atoms with Crippen molar-refractivity contribution in [2.45, 2.75) is 104 Å². The molecule has 0 heterocycles. The van der Waals surface area contributed by atoms with Crippen LogP contribution in [0.15, 0.2) is 0 Å². The van der Waals surface area contributed by atoms with Crippen molar-refractivity contribution < 1.29 is 9.53 Å². The predicted octanol–water partition coefficient (Wildman–Crippen LogP) is 6.28. The van der Waals surface area contributed by atoms with Gasteiger partial charge in [0.05, 0.1) is 6.61 Å². The van der Waals surface area contributed by atoms with Gasteiger partial charge >= 0.3 is 5.97 Å². The largest absolute Gasteiger partial charge is 0.466 e. The number of ether oxygens (including phenoxy) is 1. The number of esters is 1. The molecule has 0 aliphatic carbocycles. The van der Waals surface area contributed by atoms with E-state index in [0.717, 1.165) is 6.42 Å². The van der Waals surface area contributed by atoms with Crippen LogP contribution in [0.4, 0.5) is 0 Å². The van der Waals surface area contributed by atoms with Gasteiger partial charge in [0.25, 0.3) is 0 Å². The van der Waals surface area contributed by atoms with Gasteiger partial charge in [0.2, 0.25) is 0 Å². The summed E-state index contributed by atoms with van der Waals surface area (Å²) in [6, 6.07) is 0. The van der Waals surface area contributed by atoms with Crippen molar-refractivity contribution in [2.75, 3.05) is 6.61 Å².